The lowest BCUT2D eigenvalue weighted by molar-refractivity contribution is 0.0656. The van der Waals surface area contributed by atoms with Gasteiger partial charge < -0.3 is 5.32 Å². The second-order valence-corrected chi connectivity index (χ2v) is 9.27. The summed E-state index contributed by atoms with van der Waals surface area (Å²) in [6.07, 6.45) is 2.37. The largest absolute Gasteiger partial charge is 0.349 e. The van der Waals surface area contributed by atoms with E-state index in [0.717, 1.165) is 38.0 Å². The summed E-state index contributed by atoms with van der Waals surface area (Å²) in [6.45, 7) is 3.09. The van der Waals surface area contributed by atoms with Crippen molar-refractivity contribution in [3.8, 4) is 0 Å². The summed E-state index contributed by atoms with van der Waals surface area (Å²) in [6, 6.07) is 25.1. The van der Waals surface area contributed by atoms with Gasteiger partial charge in [0.25, 0.3) is 17.7 Å². The van der Waals surface area contributed by atoms with Crippen LogP contribution in [0.25, 0.3) is 0 Å². The lowest BCUT2D eigenvalue weighted by Crippen LogP contribution is -2.44. The SMILES string of the molecule is O=C(NC1CCN(Cc2ccccc2)CC1)c1ccc2c(c1)C(=O)N(CCc1ccccc1)C2=O. The van der Waals surface area contributed by atoms with Crippen molar-refractivity contribution in [2.45, 2.75) is 31.8 Å². The fourth-order valence-electron chi connectivity index (χ4n) is 4.87. The molecule has 0 radical (unpaired) electrons. The number of imide groups is 1. The van der Waals surface area contributed by atoms with Crippen molar-refractivity contribution in [2.75, 3.05) is 19.6 Å². The highest BCUT2D eigenvalue weighted by Crippen LogP contribution is 2.25. The molecule has 2 aliphatic heterocycles. The van der Waals surface area contributed by atoms with Crippen LogP contribution in [-0.4, -0.2) is 53.2 Å². The minimum atomic E-state index is -0.329. The quantitative estimate of drug-likeness (QED) is 0.535. The Balaban J connectivity index is 1.17. The third-order valence-corrected chi connectivity index (χ3v) is 6.87. The second-order valence-electron chi connectivity index (χ2n) is 9.27. The summed E-state index contributed by atoms with van der Waals surface area (Å²) in [5.74, 6) is -0.819. The molecule has 3 aromatic rings. The first kappa shape index (κ1) is 23.0. The Labute approximate surface area is 205 Å². The van der Waals surface area contributed by atoms with Crippen LogP contribution >= 0.6 is 0 Å². The number of rotatable bonds is 7. The lowest BCUT2D eigenvalue weighted by atomic mass is 10.0. The Morgan fingerprint density at radius 3 is 2.11 bits per heavy atom. The first-order chi connectivity index (χ1) is 17.1. The maximum absolute atomic E-state index is 12.9. The Morgan fingerprint density at radius 2 is 1.43 bits per heavy atom. The molecule has 5 rings (SSSR count). The van der Waals surface area contributed by atoms with E-state index in [4.69, 9.17) is 0 Å². The molecule has 0 aliphatic carbocycles. The Bertz CT molecular complexity index is 1220. The number of amides is 3. The summed E-state index contributed by atoms with van der Waals surface area (Å²) in [4.78, 5) is 42.4. The van der Waals surface area contributed by atoms with Gasteiger partial charge >= 0.3 is 0 Å². The van der Waals surface area contributed by atoms with Crippen LogP contribution < -0.4 is 5.32 Å². The van der Waals surface area contributed by atoms with Crippen LogP contribution in [-0.2, 0) is 13.0 Å². The van der Waals surface area contributed by atoms with E-state index in [0.29, 0.717) is 29.7 Å². The van der Waals surface area contributed by atoms with Gasteiger partial charge in [-0.3, -0.25) is 24.2 Å². The number of hydrogen-bond donors (Lipinski definition) is 1. The van der Waals surface area contributed by atoms with Crippen molar-refractivity contribution < 1.29 is 14.4 Å². The van der Waals surface area contributed by atoms with Gasteiger partial charge in [-0.1, -0.05) is 60.7 Å². The van der Waals surface area contributed by atoms with Gasteiger partial charge in [-0.25, -0.2) is 0 Å². The van der Waals surface area contributed by atoms with Crippen molar-refractivity contribution in [1.82, 2.24) is 15.1 Å². The van der Waals surface area contributed by atoms with Crippen molar-refractivity contribution >= 4 is 17.7 Å². The standard InChI is InChI=1S/C29H29N3O3/c33-27(30-24-14-16-31(17-15-24)20-22-9-5-2-6-10-22)23-11-12-25-26(19-23)29(35)32(28(25)34)18-13-21-7-3-1-4-8-21/h1-12,19,24H,13-18,20H2,(H,30,33). The molecule has 0 aromatic heterocycles. The maximum atomic E-state index is 12.9. The molecule has 3 amide bonds. The minimum absolute atomic E-state index is 0.0995. The molecule has 3 aromatic carbocycles. The zero-order valence-electron chi connectivity index (χ0n) is 19.7. The molecule has 35 heavy (non-hydrogen) atoms. The summed E-state index contributed by atoms with van der Waals surface area (Å²) in [7, 11) is 0. The van der Waals surface area contributed by atoms with E-state index in [-0.39, 0.29) is 23.8 Å². The van der Waals surface area contributed by atoms with Crippen LogP contribution in [0.4, 0.5) is 0 Å². The van der Waals surface area contributed by atoms with Gasteiger partial charge in [-0.15, -0.1) is 0 Å². The fraction of sp³-hybridized carbons (Fsp3) is 0.276. The number of nitrogens with zero attached hydrogens (tertiary/aromatic N) is 2. The van der Waals surface area contributed by atoms with E-state index >= 15 is 0 Å². The van der Waals surface area contributed by atoms with E-state index < -0.39 is 0 Å². The predicted molar refractivity (Wildman–Crippen MR) is 134 cm³/mol. The van der Waals surface area contributed by atoms with E-state index in [2.05, 4.69) is 34.5 Å². The normalized spacial score (nSPS) is 16.4. The average Bonchev–Trinajstić information content (AvgIpc) is 3.14. The molecule has 0 saturated carbocycles. The monoisotopic (exact) mass is 467 g/mol. The topological polar surface area (TPSA) is 69.7 Å². The van der Waals surface area contributed by atoms with Crippen LogP contribution in [0.3, 0.4) is 0 Å². The maximum Gasteiger partial charge on any atom is 0.261 e. The van der Waals surface area contributed by atoms with E-state index in [1.54, 1.807) is 18.2 Å². The lowest BCUT2D eigenvalue weighted by Gasteiger charge is -2.32. The summed E-state index contributed by atoms with van der Waals surface area (Å²) in [5, 5.41) is 3.12. The van der Waals surface area contributed by atoms with Gasteiger partial charge in [-0.2, -0.15) is 0 Å². The number of hydrogen-bond acceptors (Lipinski definition) is 4. The van der Waals surface area contributed by atoms with Gasteiger partial charge in [0.05, 0.1) is 11.1 Å². The van der Waals surface area contributed by atoms with Crippen LogP contribution in [0.2, 0.25) is 0 Å². The highest BCUT2D eigenvalue weighted by molar-refractivity contribution is 6.22. The number of carbonyl (C=O) groups is 3. The Kier molecular flexibility index (Phi) is 6.73. The van der Waals surface area contributed by atoms with E-state index in [1.165, 1.54) is 10.5 Å². The summed E-state index contributed by atoms with van der Waals surface area (Å²) < 4.78 is 0. The molecule has 0 unspecified atom stereocenters. The van der Waals surface area contributed by atoms with Crippen LogP contribution in [0.1, 0.15) is 55.0 Å². The van der Waals surface area contributed by atoms with Gasteiger partial charge in [-0.05, 0) is 48.6 Å². The molecular formula is C29H29N3O3. The minimum Gasteiger partial charge on any atom is -0.349 e. The summed E-state index contributed by atoms with van der Waals surface area (Å²) in [5.41, 5.74) is 3.47. The molecule has 178 valence electrons. The van der Waals surface area contributed by atoms with Crippen LogP contribution in [0.15, 0.2) is 78.9 Å². The number of likely N-dealkylation sites (tertiary alicyclic amines) is 1. The molecule has 6 nitrogen and oxygen atoms in total. The molecule has 1 saturated heterocycles. The van der Waals surface area contributed by atoms with E-state index in [1.807, 2.05) is 36.4 Å². The predicted octanol–water partition coefficient (Wildman–Crippen LogP) is 3.92. The molecule has 1 fully saturated rings. The number of piperidine rings is 1. The average molecular weight is 468 g/mol. The molecule has 0 spiro atoms. The molecule has 1 N–H and O–H groups in total. The van der Waals surface area contributed by atoms with Crippen LogP contribution in [0.5, 0.6) is 0 Å². The molecule has 0 bridgehead atoms. The molecular weight excluding hydrogens is 438 g/mol. The zero-order chi connectivity index (χ0) is 24.2. The highest BCUT2D eigenvalue weighted by Gasteiger charge is 2.35. The number of benzene rings is 3. The first-order valence-electron chi connectivity index (χ1n) is 12.2. The van der Waals surface area contributed by atoms with Gasteiger partial charge in [0, 0.05) is 37.8 Å². The van der Waals surface area contributed by atoms with Gasteiger partial charge in [0.2, 0.25) is 0 Å². The highest BCUT2D eigenvalue weighted by atomic mass is 16.2. The fourth-order valence-corrected chi connectivity index (χ4v) is 4.87. The first-order valence-corrected chi connectivity index (χ1v) is 12.2. The number of carbonyl (C=O) groups excluding carboxylic acids is 3. The number of fused-ring (bicyclic) bond motifs is 1. The molecule has 0 atom stereocenters. The van der Waals surface area contributed by atoms with Gasteiger partial charge in [0.15, 0.2) is 0 Å². The number of nitrogens with one attached hydrogen (secondary N) is 1. The van der Waals surface area contributed by atoms with Crippen molar-refractivity contribution in [3.05, 3.63) is 107 Å². The van der Waals surface area contributed by atoms with Crippen molar-refractivity contribution in [2.24, 2.45) is 0 Å². The molecule has 2 aliphatic rings. The van der Waals surface area contributed by atoms with Crippen molar-refractivity contribution in [1.29, 1.82) is 0 Å². The molecule has 2 heterocycles. The third kappa shape index (κ3) is 5.17. The van der Waals surface area contributed by atoms with Crippen LogP contribution in [0, 0.1) is 0 Å². The van der Waals surface area contributed by atoms with Crippen molar-refractivity contribution in [3.63, 3.8) is 0 Å². The second kappa shape index (κ2) is 10.2. The Morgan fingerprint density at radius 1 is 0.800 bits per heavy atom. The zero-order valence-corrected chi connectivity index (χ0v) is 19.7. The van der Waals surface area contributed by atoms with E-state index in [9.17, 15) is 14.4 Å². The Hall–Kier alpha value is -3.77. The smallest absolute Gasteiger partial charge is 0.261 e. The third-order valence-electron chi connectivity index (χ3n) is 6.87. The van der Waals surface area contributed by atoms with Gasteiger partial charge in [0.1, 0.15) is 0 Å². The molecule has 6 heteroatoms. The summed E-state index contributed by atoms with van der Waals surface area (Å²) >= 11 is 0.